The molecule has 0 saturated carbocycles. The normalized spacial score (nSPS) is 22.9. The minimum absolute atomic E-state index is 0.165. The van der Waals surface area contributed by atoms with Crippen LogP contribution < -0.4 is 4.90 Å². The van der Waals surface area contributed by atoms with Gasteiger partial charge in [-0.25, -0.2) is 4.98 Å². The van der Waals surface area contributed by atoms with Crippen LogP contribution in [-0.2, 0) is 11.3 Å². The average molecular weight is 362 g/mol. The van der Waals surface area contributed by atoms with E-state index in [1.165, 1.54) is 6.42 Å². The van der Waals surface area contributed by atoms with Gasteiger partial charge in [-0.05, 0) is 54.7 Å². The molecule has 0 bridgehead atoms. The van der Waals surface area contributed by atoms with Crippen molar-refractivity contribution in [3.63, 3.8) is 0 Å². The predicted molar refractivity (Wildman–Crippen MR) is 107 cm³/mol. The highest BCUT2D eigenvalue weighted by molar-refractivity contribution is 5.77. The van der Waals surface area contributed by atoms with Gasteiger partial charge in [0.1, 0.15) is 5.82 Å². The summed E-state index contributed by atoms with van der Waals surface area (Å²) in [7, 11) is 0. The minimum Gasteiger partial charge on any atom is -0.356 e. The lowest BCUT2D eigenvalue weighted by atomic mass is 9.73. The van der Waals surface area contributed by atoms with Gasteiger partial charge in [0.15, 0.2) is 0 Å². The van der Waals surface area contributed by atoms with Crippen LogP contribution >= 0.6 is 0 Å². The first-order valence-corrected chi connectivity index (χ1v) is 9.68. The van der Waals surface area contributed by atoms with Gasteiger partial charge in [-0.1, -0.05) is 12.7 Å². The lowest BCUT2D eigenvalue weighted by Crippen LogP contribution is -2.54. The molecule has 4 rings (SSSR count). The molecule has 140 valence electrons. The number of likely N-dealkylation sites (tertiary alicyclic amines) is 1. The van der Waals surface area contributed by atoms with Crippen LogP contribution in [0.5, 0.6) is 0 Å². The van der Waals surface area contributed by atoms with Crippen LogP contribution in [0.1, 0.15) is 36.8 Å². The second kappa shape index (κ2) is 7.51. The highest BCUT2D eigenvalue weighted by Gasteiger charge is 2.41. The zero-order chi connectivity index (χ0) is 18.7. The van der Waals surface area contributed by atoms with Gasteiger partial charge in [0.05, 0.1) is 0 Å². The lowest BCUT2D eigenvalue weighted by molar-refractivity contribution is -0.138. The Bertz CT molecular complexity index is 805. The van der Waals surface area contributed by atoms with Crippen LogP contribution in [0.3, 0.4) is 0 Å². The van der Waals surface area contributed by atoms with Crippen LogP contribution in [0.2, 0.25) is 0 Å². The van der Waals surface area contributed by atoms with Crippen molar-refractivity contribution < 1.29 is 4.79 Å². The summed E-state index contributed by atoms with van der Waals surface area (Å²) in [6, 6.07) is 8.13. The second-order valence-electron chi connectivity index (χ2n) is 7.78. The molecule has 0 aliphatic carbocycles. The van der Waals surface area contributed by atoms with E-state index in [0.29, 0.717) is 13.0 Å². The Balaban J connectivity index is 1.49. The summed E-state index contributed by atoms with van der Waals surface area (Å²) < 4.78 is 0. The molecular weight excluding hydrogens is 336 g/mol. The average Bonchev–Trinajstić information content (AvgIpc) is 2.72. The number of aromatic nitrogens is 2. The number of carbonyl (C=O) groups excluding carboxylic acids is 1. The molecule has 27 heavy (non-hydrogen) atoms. The number of anilines is 1. The van der Waals surface area contributed by atoms with Crippen molar-refractivity contribution in [3.05, 3.63) is 60.6 Å². The van der Waals surface area contributed by atoms with Crippen LogP contribution in [0.25, 0.3) is 6.08 Å². The molecule has 1 atom stereocenters. The van der Waals surface area contributed by atoms with Crippen molar-refractivity contribution in [1.82, 2.24) is 14.9 Å². The summed E-state index contributed by atoms with van der Waals surface area (Å²) in [4.78, 5) is 25.6. The number of piperidine rings is 2. The van der Waals surface area contributed by atoms with Gasteiger partial charge in [-0.2, -0.15) is 0 Å². The summed E-state index contributed by atoms with van der Waals surface area (Å²) in [5, 5.41) is 0. The smallest absolute Gasteiger partial charge is 0.222 e. The number of carbonyl (C=O) groups is 1. The molecule has 1 amide bonds. The largest absolute Gasteiger partial charge is 0.356 e. The van der Waals surface area contributed by atoms with E-state index in [1.54, 1.807) is 12.4 Å². The minimum atomic E-state index is 0.165. The third kappa shape index (κ3) is 3.87. The zero-order valence-corrected chi connectivity index (χ0v) is 15.7. The van der Waals surface area contributed by atoms with Crippen LogP contribution in [0.4, 0.5) is 5.82 Å². The maximum atomic E-state index is 12.5. The molecule has 0 N–H and O–H groups in total. The predicted octanol–water partition coefficient (Wildman–Crippen LogP) is 3.53. The molecule has 1 spiro atoms. The zero-order valence-electron chi connectivity index (χ0n) is 15.7. The third-order valence-corrected chi connectivity index (χ3v) is 5.86. The van der Waals surface area contributed by atoms with Gasteiger partial charge in [0.2, 0.25) is 5.91 Å². The van der Waals surface area contributed by atoms with E-state index >= 15 is 0 Å². The quantitative estimate of drug-likeness (QED) is 0.835. The van der Waals surface area contributed by atoms with E-state index in [0.717, 1.165) is 49.4 Å². The molecule has 2 aromatic rings. The Morgan fingerprint density at radius 3 is 2.74 bits per heavy atom. The van der Waals surface area contributed by atoms with E-state index in [2.05, 4.69) is 33.6 Å². The SMILES string of the molecule is C=Cc1ccc(N2CCCC3(CCC(=O)N(Cc4ccncc4)C3)C2)nc1. The fourth-order valence-corrected chi connectivity index (χ4v) is 4.40. The Labute approximate surface area is 160 Å². The van der Waals surface area contributed by atoms with Crippen molar-refractivity contribution in [1.29, 1.82) is 0 Å². The maximum Gasteiger partial charge on any atom is 0.222 e. The Morgan fingerprint density at radius 2 is 2.00 bits per heavy atom. The van der Waals surface area contributed by atoms with Gasteiger partial charge in [-0.3, -0.25) is 9.78 Å². The maximum absolute atomic E-state index is 12.5. The highest BCUT2D eigenvalue weighted by Crippen LogP contribution is 2.40. The van der Waals surface area contributed by atoms with Gasteiger partial charge in [-0.15, -0.1) is 0 Å². The number of pyridine rings is 2. The summed E-state index contributed by atoms with van der Waals surface area (Å²) in [6.45, 7) is 7.30. The van der Waals surface area contributed by atoms with E-state index in [4.69, 9.17) is 0 Å². The van der Waals surface area contributed by atoms with Crippen LogP contribution in [0, 0.1) is 5.41 Å². The molecule has 1 unspecified atom stereocenters. The molecule has 2 fully saturated rings. The number of hydrogen-bond acceptors (Lipinski definition) is 4. The van der Waals surface area contributed by atoms with E-state index in [9.17, 15) is 4.79 Å². The molecule has 2 aliphatic heterocycles. The summed E-state index contributed by atoms with van der Waals surface area (Å²) in [5.41, 5.74) is 2.35. The molecule has 2 saturated heterocycles. The van der Waals surface area contributed by atoms with Crippen molar-refractivity contribution in [2.45, 2.75) is 32.2 Å². The topological polar surface area (TPSA) is 49.3 Å². The monoisotopic (exact) mass is 362 g/mol. The first kappa shape index (κ1) is 17.7. The Hall–Kier alpha value is -2.69. The summed E-state index contributed by atoms with van der Waals surface area (Å²) in [6.07, 6.45) is 11.2. The van der Waals surface area contributed by atoms with Gasteiger partial charge in [0.25, 0.3) is 0 Å². The summed E-state index contributed by atoms with van der Waals surface area (Å²) >= 11 is 0. The molecule has 5 heteroatoms. The molecule has 0 radical (unpaired) electrons. The first-order valence-electron chi connectivity index (χ1n) is 9.68. The Kier molecular flexibility index (Phi) is 4.92. The van der Waals surface area contributed by atoms with Crippen molar-refractivity contribution in [3.8, 4) is 0 Å². The molecule has 0 aromatic carbocycles. The van der Waals surface area contributed by atoms with E-state index in [-0.39, 0.29) is 11.3 Å². The van der Waals surface area contributed by atoms with E-state index < -0.39 is 0 Å². The van der Waals surface area contributed by atoms with Crippen molar-refractivity contribution >= 4 is 17.8 Å². The fraction of sp³-hybridized carbons (Fsp3) is 0.409. The van der Waals surface area contributed by atoms with Crippen LogP contribution in [0.15, 0.2) is 49.4 Å². The van der Waals surface area contributed by atoms with Gasteiger partial charge in [0, 0.05) is 56.6 Å². The van der Waals surface area contributed by atoms with Gasteiger partial charge >= 0.3 is 0 Å². The molecule has 2 aromatic heterocycles. The van der Waals surface area contributed by atoms with Crippen molar-refractivity contribution in [2.24, 2.45) is 5.41 Å². The second-order valence-corrected chi connectivity index (χ2v) is 7.78. The number of hydrogen-bond donors (Lipinski definition) is 0. The molecule has 2 aliphatic rings. The highest BCUT2D eigenvalue weighted by atomic mass is 16.2. The molecule has 4 heterocycles. The van der Waals surface area contributed by atoms with Crippen LogP contribution in [-0.4, -0.2) is 40.4 Å². The molecule has 5 nitrogen and oxygen atoms in total. The fourth-order valence-electron chi connectivity index (χ4n) is 4.40. The Morgan fingerprint density at radius 1 is 1.15 bits per heavy atom. The third-order valence-electron chi connectivity index (χ3n) is 5.86. The lowest BCUT2D eigenvalue weighted by Gasteiger charge is -2.48. The summed E-state index contributed by atoms with van der Waals surface area (Å²) in [5.74, 6) is 1.29. The first-order chi connectivity index (χ1) is 13.2. The van der Waals surface area contributed by atoms with E-state index in [1.807, 2.05) is 29.3 Å². The van der Waals surface area contributed by atoms with Crippen molar-refractivity contribution in [2.75, 3.05) is 24.5 Å². The standard InChI is InChI=1S/C22H26N4O/c1-2-18-4-5-20(24-14-18)25-13-3-9-22(16-25)10-6-21(27)26(17-22)15-19-7-11-23-12-8-19/h2,4-5,7-8,11-12,14H,1,3,6,9-10,13,15-17H2. The number of rotatable bonds is 4. The van der Waals surface area contributed by atoms with Gasteiger partial charge < -0.3 is 9.80 Å². The molecular formula is C22H26N4O. The number of nitrogens with zero attached hydrogens (tertiary/aromatic N) is 4. The number of amides is 1.